The Labute approximate surface area is 206 Å². The number of hydrogen-bond acceptors (Lipinski definition) is 5. The van der Waals surface area contributed by atoms with Gasteiger partial charge >= 0.3 is 0 Å². The van der Waals surface area contributed by atoms with Crippen LogP contribution in [0.4, 0.5) is 5.69 Å². The lowest BCUT2D eigenvalue weighted by Gasteiger charge is -2.25. The molecule has 34 heavy (non-hydrogen) atoms. The number of nitrogens with zero attached hydrogens (tertiary/aromatic N) is 1. The molecule has 170 valence electrons. The molecule has 0 bridgehead atoms. The lowest BCUT2D eigenvalue weighted by Crippen LogP contribution is -2.31. The molecule has 3 aromatic rings. The molecule has 1 aliphatic rings. The van der Waals surface area contributed by atoms with Crippen LogP contribution in [-0.4, -0.2) is 17.6 Å². The van der Waals surface area contributed by atoms with E-state index in [1.165, 1.54) is 0 Å². The fourth-order valence-corrected chi connectivity index (χ4v) is 4.48. The van der Waals surface area contributed by atoms with Gasteiger partial charge in [0.15, 0.2) is 0 Å². The van der Waals surface area contributed by atoms with Gasteiger partial charge in [0.25, 0.3) is 0 Å². The Morgan fingerprint density at radius 2 is 1.74 bits per heavy atom. The molecule has 0 saturated carbocycles. The van der Waals surface area contributed by atoms with Crippen molar-refractivity contribution in [3.05, 3.63) is 100 Å². The normalized spacial score (nSPS) is 15.3. The highest BCUT2D eigenvalue weighted by Crippen LogP contribution is 2.36. The van der Waals surface area contributed by atoms with Crippen LogP contribution in [0.15, 0.2) is 89.5 Å². The fourth-order valence-electron chi connectivity index (χ4n) is 3.48. The molecule has 2 amide bonds. The van der Waals surface area contributed by atoms with E-state index in [0.717, 1.165) is 23.1 Å². The van der Waals surface area contributed by atoms with Gasteiger partial charge < -0.3 is 15.4 Å². The Kier molecular flexibility index (Phi) is 7.53. The summed E-state index contributed by atoms with van der Waals surface area (Å²) in [6.45, 7) is 0. The SMILES string of the molecule is N#CC1=C(SCC(=O)Nc2ccc(Oc3ccccc3)cc2)NC(=O)C[C@@H]1c1ccc(Cl)cc1. The highest BCUT2D eigenvalue weighted by molar-refractivity contribution is 8.03. The highest BCUT2D eigenvalue weighted by atomic mass is 35.5. The first-order chi connectivity index (χ1) is 16.5. The molecule has 0 aromatic heterocycles. The summed E-state index contributed by atoms with van der Waals surface area (Å²) in [6, 6.07) is 25.7. The number of hydrogen-bond donors (Lipinski definition) is 2. The van der Waals surface area contributed by atoms with E-state index in [0.29, 0.717) is 27.1 Å². The Morgan fingerprint density at radius 3 is 2.41 bits per heavy atom. The van der Waals surface area contributed by atoms with E-state index < -0.39 is 0 Å². The number of nitrogens with one attached hydrogen (secondary N) is 2. The second-order valence-corrected chi connectivity index (χ2v) is 8.91. The molecular formula is C26H20ClN3O3S. The minimum atomic E-state index is -0.376. The van der Waals surface area contributed by atoms with Crippen LogP contribution in [0.25, 0.3) is 0 Å². The number of allylic oxidation sites excluding steroid dienone is 1. The number of rotatable bonds is 7. The van der Waals surface area contributed by atoms with Gasteiger partial charge in [-0.25, -0.2) is 0 Å². The predicted molar refractivity (Wildman–Crippen MR) is 134 cm³/mol. The number of para-hydroxylation sites is 1. The zero-order valence-corrected chi connectivity index (χ0v) is 19.5. The van der Waals surface area contributed by atoms with Crippen molar-refractivity contribution in [3.63, 3.8) is 0 Å². The number of ether oxygens (including phenoxy) is 1. The Balaban J connectivity index is 1.38. The zero-order chi connectivity index (χ0) is 23.9. The number of amides is 2. The van der Waals surface area contributed by atoms with Crippen LogP contribution in [0.1, 0.15) is 17.9 Å². The number of thioether (sulfide) groups is 1. The van der Waals surface area contributed by atoms with Gasteiger partial charge in [0.05, 0.1) is 22.4 Å². The molecule has 0 aliphatic carbocycles. The van der Waals surface area contributed by atoms with E-state index in [9.17, 15) is 14.9 Å². The van der Waals surface area contributed by atoms with Gasteiger partial charge in [-0.1, -0.05) is 53.7 Å². The lowest BCUT2D eigenvalue weighted by atomic mass is 9.87. The molecule has 0 spiro atoms. The Bertz CT molecular complexity index is 1250. The summed E-state index contributed by atoms with van der Waals surface area (Å²) in [5, 5.41) is 16.3. The van der Waals surface area contributed by atoms with Gasteiger partial charge in [-0.2, -0.15) is 5.26 Å². The summed E-state index contributed by atoms with van der Waals surface area (Å²) in [7, 11) is 0. The molecule has 3 aromatic carbocycles. The standard InChI is InChI=1S/C26H20ClN3O3S/c27-18-8-6-17(7-9-18)22-14-24(31)30-26(23(22)15-28)34-16-25(32)29-19-10-12-21(13-11-19)33-20-4-2-1-3-5-20/h1-13,22H,14,16H2,(H,29,32)(H,30,31)/t22-/m1/s1. The topological polar surface area (TPSA) is 91.2 Å². The van der Waals surface area contributed by atoms with E-state index in [2.05, 4.69) is 16.7 Å². The third-order valence-electron chi connectivity index (χ3n) is 5.09. The average Bonchev–Trinajstić information content (AvgIpc) is 2.85. The van der Waals surface area contributed by atoms with Crippen LogP contribution in [0.2, 0.25) is 5.02 Å². The molecular weight excluding hydrogens is 470 g/mol. The van der Waals surface area contributed by atoms with Gasteiger partial charge in [-0.05, 0) is 54.1 Å². The van der Waals surface area contributed by atoms with Crippen LogP contribution < -0.4 is 15.4 Å². The second kappa shape index (κ2) is 10.9. The molecule has 0 unspecified atom stereocenters. The van der Waals surface area contributed by atoms with Crippen molar-refractivity contribution >= 4 is 40.9 Å². The van der Waals surface area contributed by atoms with Crippen molar-refractivity contribution in [1.29, 1.82) is 5.26 Å². The molecule has 1 aliphatic heterocycles. The maximum atomic E-state index is 12.5. The molecule has 4 rings (SSSR count). The first-order valence-electron chi connectivity index (χ1n) is 10.5. The van der Waals surface area contributed by atoms with E-state index in [1.807, 2.05) is 42.5 Å². The second-order valence-electron chi connectivity index (χ2n) is 7.49. The monoisotopic (exact) mass is 489 g/mol. The number of nitriles is 1. The van der Waals surface area contributed by atoms with Gasteiger partial charge in [0.1, 0.15) is 11.5 Å². The highest BCUT2D eigenvalue weighted by Gasteiger charge is 2.29. The lowest BCUT2D eigenvalue weighted by molar-refractivity contribution is -0.121. The van der Waals surface area contributed by atoms with Crippen LogP contribution >= 0.6 is 23.4 Å². The maximum Gasteiger partial charge on any atom is 0.234 e. The summed E-state index contributed by atoms with van der Waals surface area (Å²) < 4.78 is 5.75. The van der Waals surface area contributed by atoms with Gasteiger partial charge in [0.2, 0.25) is 11.8 Å². The third kappa shape index (κ3) is 5.98. The third-order valence-corrected chi connectivity index (χ3v) is 6.36. The number of carbonyl (C=O) groups is 2. The van der Waals surface area contributed by atoms with Crippen molar-refractivity contribution in [1.82, 2.24) is 5.32 Å². The summed E-state index contributed by atoms with van der Waals surface area (Å²) in [5.74, 6) is 0.587. The molecule has 2 N–H and O–H groups in total. The molecule has 0 fully saturated rings. The van der Waals surface area contributed by atoms with E-state index >= 15 is 0 Å². The van der Waals surface area contributed by atoms with Crippen LogP contribution in [0.5, 0.6) is 11.5 Å². The smallest absolute Gasteiger partial charge is 0.234 e. The Hall–Kier alpha value is -3.73. The van der Waals surface area contributed by atoms with Gasteiger partial charge in [-0.15, -0.1) is 0 Å². The van der Waals surface area contributed by atoms with Crippen molar-refractivity contribution in [2.45, 2.75) is 12.3 Å². The average molecular weight is 490 g/mol. The fraction of sp³-hybridized carbons (Fsp3) is 0.115. The van der Waals surface area contributed by atoms with Crippen molar-refractivity contribution in [2.24, 2.45) is 0 Å². The number of carbonyl (C=O) groups excluding carboxylic acids is 2. The zero-order valence-electron chi connectivity index (χ0n) is 18.0. The molecule has 0 saturated heterocycles. The van der Waals surface area contributed by atoms with Gasteiger partial charge in [0, 0.05) is 23.0 Å². The maximum absolute atomic E-state index is 12.5. The quantitative estimate of drug-likeness (QED) is 0.435. The first-order valence-corrected chi connectivity index (χ1v) is 11.8. The van der Waals surface area contributed by atoms with E-state index in [-0.39, 0.29) is 29.9 Å². The number of benzene rings is 3. The molecule has 1 heterocycles. The predicted octanol–water partition coefficient (Wildman–Crippen LogP) is 5.84. The van der Waals surface area contributed by atoms with Crippen LogP contribution in [0.3, 0.4) is 0 Å². The molecule has 6 nitrogen and oxygen atoms in total. The van der Waals surface area contributed by atoms with Crippen molar-refractivity contribution in [3.8, 4) is 17.6 Å². The van der Waals surface area contributed by atoms with Crippen LogP contribution in [0, 0.1) is 11.3 Å². The van der Waals surface area contributed by atoms with Gasteiger partial charge in [-0.3, -0.25) is 9.59 Å². The Morgan fingerprint density at radius 1 is 1.06 bits per heavy atom. The van der Waals surface area contributed by atoms with E-state index in [4.69, 9.17) is 16.3 Å². The largest absolute Gasteiger partial charge is 0.457 e. The first kappa shape index (κ1) is 23.4. The number of halogens is 1. The van der Waals surface area contributed by atoms with Crippen LogP contribution in [-0.2, 0) is 9.59 Å². The summed E-state index contributed by atoms with van der Waals surface area (Å²) in [6.07, 6.45) is 0.165. The minimum absolute atomic E-state index is 0.0381. The molecule has 8 heteroatoms. The minimum Gasteiger partial charge on any atom is -0.457 e. The summed E-state index contributed by atoms with van der Waals surface area (Å²) in [5.41, 5.74) is 1.88. The molecule has 0 radical (unpaired) electrons. The number of anilines is 1. The van der Waals surface area contributed by atoms with Crippen molar-refractivity contribution in [2.75, 3.05) is 11.1 Å². The molecule has 1 atom stereocenters. The van der Waals surface area contributed by atoms with E-state index in [1.54, 1.807) is 36.4 Å². The summed E-state index contributed by atoms with van der Waals surface area (Å²) >= 11 is 7.09. The van der Waals surface area contributed by atoms with Crippen molar-refractivity contribution < 1.29 is 14.3 Å². The summed E-state index contributed by atoms with van der Waals surface area (Å²) in [4.78, 5) is 24.8.